The zero-order valence-corrected chi connectivity index (χ0v) is 12.1. The van der Waals surface area contributed by atoms with Crippen molar-refractivity contribution in [2.45, 2.75) is 0 Å². The minimum absolute atomic E-state index is 0.199. The average molecular weight is 322 g/mol. The molecule has 0 saturated heterocycles. The first-order chi connectivity index (χ1) is 10.1. The van der Waals surface area contributed by atoms with Crippen molar-refractivity contribution in [3.8, 4) is 9.88 Å². The molecule has 2 heterocycles. The second-order valence-corrected chi connectivity index (χ2v) is 6.07. The summed E-state index contributed by atoms with van der Waals surface area (Å²) in [5.41, 5.74) is 0.199. The zero-order chi connectivity index (χ0) is 14.8. The van der Waals surface area contributed by atoms with Crippen LogP contribution in [0.25, 0.3) is 9.88 Å². The number of amides is 1. The summed E-state index contributed by atoms with van der Waals surface area (Å²) in [5.74, 6) is -2.36. The number of rotatable bonds is 3. The third-order valence-electron chi connectivity index (χ3n) is 2.64. The maximum Gasteiger partial charge on any atom is 0.267 e. The first kappa shape index (κ1) is 13.8. The summed E-state index contributed by atoms with van der Waals surface area (Å²) in [7, 11) is 0. The van der Waals surface area contributed by atoms with E-state index in [1.807, 2.05) is 17.5 Å². The van der Waals surface area contributed by atoms with E-state index in [0.29, 0.717) is 4.88 Å². The van der Waals surface area contributed by atoms with Gasteiger partial charge in [-0.15, -0.1) is 22.7 Å². The fraction of sp³-hybridized carbons (Fsp3) is 0. The molecular weight excluding hydrogens is 314 g/mol. The molecule has 7 heteroatoms. The Morgan fingerprint density at radius 3 is 2.76 bits per heavy atom. The van der Waals surface area contributed by atoms with Crippen LogP contribution >= 0.6 is 22.7 Å². The number of hydrogen-bond acceptors (Lipinski definition) is 4. The lowest BCUT2D eigenvalue weighted by Gasteiger charge is -2.03. The minimum atomic E-state index is -1.00. The van der Waals surface area contributed by atoms with Gasteiger partial charge in [0.25, 0.3) is 5.91 Å². The van der Waals surface area contributed by atoms with Crippen LogP contribution < -0.4 is 5.32 Å². The van der Waals surface area contributed by atoms with Gasteiger partial charge in [0, 0.05) is 11.8 Å². The average Bonchev–Trinajstić information content (AvgIpc) is 3.12. The molecule has 0 aliphatic heterocycles. The van der Waals surface area contributed by atoms with Gasteiger partial charge in [-0.2, -0.15) is 0 Å². The van der Waals surface area contributed by atoms with Crippen LogP contribution in [0.3, 0.4) is 0 Å². The van der Waals surface area contributed by atoms with Gasteiger partial charge in [0.05, 0.1) is 11.1 Å². The number of benzene rings is 1. The van der Waals surface area contributed by atoms with Crippen molar-refractivity contribution in [1.82, 2.24) is 4.98 Å². The molecule has 0 aliphatic carbocycles. The lowest BCUT2D eigenvalue weighted by molar-refractivity contribution is 0.103. The number of anilines is 1. The van der Waals surface area contributed by atoms with Crippen molar-refractivity contribution < 1.29 is 13.6 Å². The Kier molecular flexibility index (Phi) is 3.76. The van der Waals surface area contributed by atoms with Gasteiger partial charge in [-0.25, -0.2) is 13.8 Å². The molecule has 0 spiro atoms. The predicted octanol–water partition coefficient (Wildman–Crippen LogP) is 4.40. The largest absolute Gasteiger partial charge is 0.321 e. The normalized spacial score (nSPS) is 10.6. The van der Waals surface area contributed by atoms with Crippen molar-refractivity contribution in [1.29, 1.82) is 0 Å². The molecule has 2 aromatic heterocycles. The van der Waals surface area contributed by atoms with E-state index in [1.54, 1.807) is 0 Å². The first-order valence-electron chi connectivity index (χ1n) is 5.89. The SMILES string of the molecule is O=C(Nc1ccc(F)c(F)c1)c1cnc(-c2cccs2)s1. The lowest BCUT2D eigenvalue weighted by Crippen LogP contribution is -2.10. The molecule has 0 aliphatic rings. The van der Waals surface area contributed by atoms with Crippen LogP contribution in [0.4, 0.5) is 14.5 Å². The van der Waals surface area contributed by atoms with Crippen LogP contribution in [0.5, 0.6) is 0 Å². The quantitative estimate of drug-likeness (QED) is 0.776. The van der Waals surface area contributed by atoms with Gasteiger partial charge in [-0.3, -0.25) is 4.79 Å². The second kappa shape index (κ2) is 5.71. The highest BCUT2D eigenvalue weighted by Crippen LogP contribution is 2.29. The summed E-state index contributed by atoms with van der Waals surface area (Å²) in [6.07, 6.45) is 1.47. The van der Waals surface area contributed by atoms with E-state index >= 15 is 0 Å². The smallest absolute Gasteiger partial charge is 0.267 e. The number of thiazole rings is 1. The highest BCUT2D eigenvalue weighted by molar-refractivity contribution is 7.22. The van der Waals surface area contributed by atoms with Gasteiger partial charge < -0.3 is 5.32 Å². The Labute approximate surface area is 126 Å². The summed E-state index contributed by atoms with van der Waals surface area (Å²) in [5, 5.41) is 5.19. The van der Waals surface area contributed by atoms with Crippen LogP contribution in [-0.2, 0) is 0 Å². The van der Waals surface area contributed by atoms with Gasteiger partial charge in [0.1, 0.15) is 9.88 Å². The minimum Gasteiger partial charge on any atom is -0.321 e. The van der Waals surface area contributed by atoms with Crippen molar-refractivity contribution >= 4 is 34.3 Å². The monoisotopic (exact) mass is 322 g/mol. The molecule has 0 radical (unpaired) electrons. The van der Waals surface area contributed by atoms with Gasteiger partial charge in [-0.05, 0) is 23.6 Å². The summed E-state index contributed by atoms with van der Waals surface area (Å²) < 4.78 is 25.9. The summed E-state index contributed by atoms with van der Waals surface area (Å²) >= 11 is 2.78. The molecule has 0 atom stereocenters. The Hall–Kier alpha value is -2.12. The summed E-state index contributed by atoms with van der Waals surface area (Å²) in [4.78, 5) is 17.6. The molecule has 3 nitrogen and oxygen atoms in total. The van der Waals surface area contributed by atoms with Crippen LogP contribution in [0.1, 0.15) is 9.67 Å². The number of thiophene rings is 1. The fourth-order valence-electron chi connectivity index (χ4n) is 1.66. The highest BCUT2D eigenvalue weighted by Gasteiger charge is 2.13. The molecule has 1 aromatic carbocycles. The Morgan fingerprint density at radius 1 is 1.19 bits per heavy atom. The van der Waals surface area contributed by atoms with E-state index in [-0.39, 0.29) is 5.69 Å². The fourth-order valence-corrected chi connectivity index (χ4v) is 3.28. The first-order valence-corrected chi connectivity index (χ1v) is 7.59. The number of nitrogens with zero attached hydrogens (tertiary/aromatic N) is 1. The van der Waals surface area contributed by atoms with Crippen LogP contribution in [0.15, 0.2) is 41.9 Å². The predicted molar refractivity (Wildman–Crippen MR) is 79.7 cm³/mol. The third-order valence-corrected chi connectivity index (χ3v) is 4.67. The zero-order valence-electron chi connectivity index (χ0n) is 10.5. The van der Waals surface area contributed by atoms with E-state index < -0.39 is 17.5 Å². The topological polar surface area (TPSA) is 42.0 Å². The van der Waals surface area contributed by atoms with E-state index in [0.717, 1.165) is 22.0 Å². The standard InChI is InChI=1S/C14H8F2N2OS2/c15-9-4-3-8(6-10(9)16)18-13(19)12-7-17-14(21-12)11-2-1-5-20-11/h1-7H,(H,18,19). The van der Waals surface area contributed by atoms with Crippen LogP contribution in [0, 0.1) is 11.6 Å². The maximum absolute atomic E-state index is 13.1. The van der Waals surface area contributed by atoms with Crippen molar-refractivity contribution in [2.75, 3.05) is 5.32 Å². The molecule has 0 saturated carbocycles. The van der Waals surface area contributed by atoms with Crippen LogP contribution in [0.2, 0.25) is 0 Å². The van der Waals surface area contributed by atoms with Crippen molar-refractivity contribution in [3.63, 3.8) is 0 Å². The van der Waals surface area contributed by atoms with Gasteiger partial charge in [0.2, 0.25) is 0 Å². The molecule has 0 unspecified atom stereocenters. The molecule has 0 fully saturated rings. The van der Waals surface area contributed by atoms with Crippen molar-refractivity contribution in [3.05, 3.63) is 58.4 Å². The van der Waals surface area contributed by atoms with E-state index in [9.17, 15) is 13.6 Å². The Bertz CT molecular complexity index is 784. The Balaban J connectivity index is 1.78. The number of halogens is 2. The van der Waals surface area contributed by atoms with Gasteiger partial charge in [-0.1, -0.05) is 6.07 Å². The van der Waals surface area contributed by atoms with E-state index in [1.165, 1.54) is 34.9 Å². The van der Waals surface area contributed by atoms with Crippen molar-refractivity contribution in [2.24, 2.45) is 0 Å². The number of nitrogens with one attached hydrogen (secondary N) is 1. The molecule has 0 bridgehead atoms. The molecule has 21 heavy (non-hydrogen) atoms. The van der Waals surface area contributed by atoms with Crippen LogP contribution in [-0.4, -0.2) is 10.9 Å². The molecule has 1 N–H and O–H groups in total. The summed E-state index contributed by atoms with van der Waals surface area (Å²) in [6, 6.07) is 7.03. The maximum atomic E-state index is 13.1. The third kappa shape index (κ3) is 2.98. The lowest BCUT2D eigenvalue weighted by atomic mass is 10.3. The molecular formula is C14H8F2N2OS2. The number of hydrogen-bond donors (Lipinski definition) is 1. The number of carbonyl (C=O) groups is 1. The molecule has 106 valence electrons. The number of carbonyl (C=O) groups excluding carboxylic acids is 1. The van der Waals surface area contributed by atoms with Gasteiger partial charge >= 0.3 is 0 Å². The van der Waals surface area contributed by atoms with E-state index in [4.69, 9.17) is 0 Å². The molecule has 3 rings (SSSR count). The van der Waals surface area contributed by atoms with E-state index in [2.05, 4.69) is 10.3 Å². The Morgan fingerprint density at radius 2 is 2.05 bits per heavy atom. The summed E-state index contributed by atoms with van der Waals surface area (Å²) in [6.45, 7) is 0. The number of aromatic nitrogens is 1. The highest BCUT2D eigenvalue weighted by atomic mass is 32.1. The molecule has 1 amide bonds. The van der Waals surface area contributed by atoms with Gasteiger partial charge in [0.15, 0.2) is 11.6 Å². The molecule has 3 aromatic rings. The second-order valence-electron chi connectivity index (χ2n) is 4.09.